The van der Waals surface area contributed by atoms with E-state index in [1.165, 1.54) is 18.6 Å². The van der Waals surface area contributed by atoms with Crippen molar-refractivity contribution >= 4 is 102 Å². The van der Waals surface area contributed by atoms with Crippen molar-refractivity contribution in [1.82, 2.24) is 10.2 Å². The predicted molar refractivity (Wildman–Crippen MR) is 215 cm³/mol. The van der Waals surface area contributed by atoms with E-state index >= 15 is 0 Å². The van der Waals surface area contributed by atoms with E-state index < -0.39 is 19.7 Å². The summed E-state index contributed by atoms with van der Waals surface area (Å²) in [5.41, 5.74) is 4.35. The summed E-state index contributed by atoms with van der Waals surface area (Å²) < 4.78 is 47.2. The summed E-state index contributed by atoms with van der Waals surface area (Å²) in [5, 5.41) is 7.49. The molecule has 0 unspecified atom stereocenters. The van der Waals surface area contributed by atoms with Crippen LogP contribution in [0.4, 0.5) is 16.2 Å². The molecule has 53 heavy (non-hydrogen) atoms. The smallest absolute Gasteiger partial charge is 0.317 e. The molecular weight excluding hydrogens is 826 g/mol. The molecule has 0 spiro atoms. The summed E-state index contributed by atoms with van der Waals surface area (Å²) in [6.45, 7) is 5.18. The van der Waals surface area contributed by atoms with Crippen LogP contribution in [0.1, 0.15) is 48.2 Å². The van der Waals surface area contributed by atoms with Crippen LogP contribution in [0.5, 0.6) is 0 Å². The van der Waals surface area contributed by atoms with Gasteiger partial charge in [0.1, 0.15) is 5.69 Å². The first-order valence-corrected chi connectivity index (χ1v) is 21.2. The number of carbonyl (C=O) groups is 1. The zero-order valence-electron chi connectivity index (χ0n) is 29.0. The van der Waals surface area contributed by atoms with Crippen LogP contribution in [0.3, 0.4) is 0 Å². The van der Waals surface area contributed by atoms with Gasteiger partial charge in [-0.15, -0.1) is 12.4 Å². The first-order valence-electron chi connectivity index (χ1n) is 15.9. The standard InChI is InChI=1S/C18H18Cl2N2O3S.C11H15NO2S.C7H3Cl2NO.ClH/c1-11-12-5-3-8-16(26(2,24)25)13(12)9-10-22(11)18(23)21-17-14(19)6-4-7-15(17)20;1-8-9-4-3-5-11(15(2,13)14)10(9)6-7-12-8;8-5-2-1-3-6(9)7(5)10-4-11;/h3-8,11H,9-10H2,1-2H3,(H,21,23);3-5,8,12H,6-7H2,1-2H3;1-3H;1H/t11-;8-;;/m00../s1. The number of urea groups is 1. The molecule has 2 atom stereocenters. The Morgan fingerprint density at radius 2 is 1.25 bits per heavy atom. The van der Waals surface area contributed by atoms with E-state index in [9.17, 15) is 26.4 Å². The van der Waals surface area contributed by atoms with E-state index in [-0.39, 0.29) is 36.2 Å². The van der Waals surface area contributed by atoms with E-state index in [1.54, 1.807) is 59.5 Å². The Morgan fingerprint density at radius 3 is 1.75 bits per heavy atom. The average Bonchev–Trinajstić information content (AvgIpc) is 3.08. The monoisotopic (exact) mass is 860 g/mol. The molecule has 0 radical (unpaired) electrons. The molecule has 2 aliphatic heterocycles. The van der Waals surface area contributed by atoms with E-state index in [1.807, 2.05) is 25.1 Å². The molecule has 0 saturated carbocycles. The number of fused-ring (bicyclic) bond motifs is 2. The number of anilines is 1. The molecule has 4 aromatic carbocycles. The minimum absolute atomic E-state index is 0. The van der Waals surface area contributed by atoms with Crippen molar-refractivity contribution in [2.75, 3.05) is 30.9 Å². The largest absolute Gasteiger partial charge is 0.322 e. The number of para-hydroxylation sites is 2. The number of amides is 2. The lowest BCUT2D eigenvalue weighted by Gasteiger charge is -2.36. The van der Waals surface area contributed by atoms with Gasteiger partial charge >= 0.3 is 6.03 Å². The molecule has 0 bridgehead atoms. The lowest BCUT2D eigenvalue weighted by Crippen LogP contribution is -2.41. The lowest BCUT2D eigenvalue weighted by molar-refractivity contribution is 0.188. The number of carbonyl (C=O) groups excluding carboxylic acids is 2. The summed E-state index contributed by atoms with van der Waals surface area (Å²) in [5.74, 6) is 0. The molecule has 0 aromatic heterocycles. The number of nitrogens with zero attached hydrogens (tertiary/aromatic N) is 2. The topological polar surface area (TPSA) is 142 Å². The maximum atomic E-state index is 12.8. The fourth-order valence-corrected chi connectivity index (χ4v) is 8.98. The van der Waals surface area contributed by atoms with Crippen LogP contribution in [-0.4, -0.2) is 59.4 Å². The van der Waals surface area contributed by atoms with Gasteiger partial charge in [-0.2, -0.15) is 4.99 Å². The number of hydrogen-bond acceptors (Lipinski definition) is 8. The lowest BCUT2D eigenvalue weighted by atomic mass is 9.94. The SMILES string of the molecule is C[C@@H]1NCCc2c1cccc2S(C)(=O)=O.C[C@H]1c2cccc(S(C)(=O)=O)c2CCN1C(=O)Nc1c(Cl)cccc1Cl.Cl.O=C=Nc1c(Cl)cccc1Cl. The van der Waals surface area contributed by atoms with E-state index in [4.69, 9.17) is 46.4 Å². The van der Waals surface area contributed by atoms with Crippen LogP contribution in [-0.2, 0) is 37.3 Å². The van der Waals surface area contributed by atoms with Gasteiger partial charge in [0.25, 0.3) is 0 Å². The highest BCUT2D eigenvalue weighted by Crippen LogP contribution is 2.36. The summed E-state index contributed by atoms with van der Waals surface area (Å²) in [7, 11) is -6.41. The highest BCUT2D eigenvalue weighted by molar-refractivity contribution is 7.91. The Labute approximate surface area is 336 Å². The fraction of sp³-hybridized carbons (Fsp3) is 0.278. The molecule has 2 heterocycles. The fourth-order valence-electron chi connectivity index (χ4n) is 6.02. The van der Waals surface area contributed by atoms with Crippen molar-refractivity contribution in [1.29, 1.82) is 0 Å². The molecule has 2 N–H and O–H groups in total. The van der Waals surface area contributed by atoms with Crippen LogP contribution in [0.2, 0.25) is 20.1 Å². The Morgan fingerprint density at radius 1 is 0.774 bits per heavy atom. The number of nitrogens with one attached hydrogen (secondary N) is 2. The number of benzene rings is 4. The highest BCUT2D eigenvalue weighted by atomic mass is 35.5. The molecule has 4 aromatic rings. The normalized spacial score (nSPS) is 16.1. The third-order valence-corrected chi connectivity index (χ3v) is 12.1. The maximum absolute atomic E-state index is 12.8. The second-order valence-electron chi connectivity index (χ2n) is 12.0. The second kappa shape index (κ2) is 18.9. The minimum atomic E-state index is -3.32. The molecule has 0 saturated heterocycles. The molecule has 0 aliphatic carbocycles. The Balaban J connectivity index is 0.000000236. The molecule has 6 rings (SSSR count). The van der Waals surface area contributed by atoms with Crippen LogP contribution < -0.4 is 10.6 Å². The van der Waals surface area contributed by atoms with Crippen LogP contribution in [0.15, 0.2) is 87.6 Å². The van der Waals surface area contributed by atoms with Gasteiger partial charge in [0.05, 0.1) is 41.6 Å². The van der Waals surface area contributed by atoms with Crippen molar-refractivity contribution in [3.63, 3.8) is 0 Å². The van der Waals surface area contributed by atoms with Crippen molar-refractivity contribution in [3.05, 3.63) is 115 Å². The van der Waals surface area contributed by atoms with Crippen molar-refractivity contribution in [2.45, 2.75) is 48.6 Å². The highest BCUT2D eigenvalue weighted by Gasteiger charge is 2.31. The summed E-state index contributed by atoms with van der Waals surface area (Å²) >= 11 is 23.5. The minimum Gasteiger partial charge on any atom is -0.317 e. The summed E-state index contributed by atoms with van der Waals surface area (Å²) in [6.07, 6.45) is 5.10. The maximum Gasteiger partial charge on any atom is 0.322 e. The summed E-state index contributed by atoms with van der Waals surface area (Å²) in [4.78, 5) is 28.4. The zero-order valence-corrected chi connectivity index (χ0v) is 34.5. The third kappa shape index (κ3) is 11.0. The molecule has 2 amide bonds. The number of rotatable bonds is 4. The summed E-state index contributed by atoms with van der Waals surface area (Å²) in [6, 6.07) is 20.2. The van der Waals surface area contributed by atoms with Gasteiger partial charge in [-0.25, -0.2) is 26.4 Å². The Kier molecular flexibility index (Phi) is 15.8. The predicted octanol–water partition coefficient (Wildman–Crippen LogP) is 9.23. The number of hydrogen-bond donors (Lipinski definition) is 2. The molecule has 17 heteroatoms. The number of sulfone groups is 2. The molecule has 0 fully saturated rings. The van der Waals surface area contributed by atoms with E-state index in [0.717, 1.165) is 35.2 Å². The molecule has 284 valence electrons. The van der Waals surface area contributed by atoms with Gasteiger partial charge < -0.3 is 15.5 Å². The van der Waals surface area contributed by atoms with E-state index in [2.05, 4.69) is 22.5 Å². The van der Waals surface area contributed by atoms with Crippen molar-refractivity contribution < 1.29 is 26.4 Å². The Hall–Kier alpha value is -3.16. The van der Waals surface area contributed by atoms with Gasteiger partial charge in [-0.3, -0.25) is 0 Å². The third-order valence-electron chi connectivity index (χ3n) is 8.50. The number of halogens is 5. The van der Waals surface area contributed by atoms with Crippen molar-refractivity contribution in [2.24, 2.45) is 4.99 Å². The van der Waals surface area contributed by atoms with Crippen molar-refractivity contribution in [3.8, 4) is 0 Å². The second-order valence-corrected chi connectivity index (χ2v) is 17.6. The molecular formula is C36H37Cl5N4O6S2. The van der Waals surface area contributed by atoms with Crippen LogP contribution in [0, 0.1) is 0 Å². The Bertz CT molecular complexity index is 2210. The molecule has 2 aliphatic rings. The first-order chi connectivity index (χ1) is 24.4. The molecule has 10 nitrogen and oxygen atoms in total. The van der Waals surface area contributed by atoms with Gasteiger partial charge in [0.15, 0.2) is 19.7 Å². The average molecular weight is 863 g/mol. The van der Waals surface area contributed by atoms with Crippen LogP contribution >= 0.6 is 58.8 Å². The van der Waals surface area contributed by atoms with Crippen LogP contribution in [0.25, 0.3) is 0 Å². The number of isocyanates is 1. The zero-order chi connectivity index (χ0) is 38.4. The van der Waals surface area contributed by atoms with Gasteiger partial charge in [-0.05, 0) is 91.9 Å². The van der Waals surface area contributed by atoms with Gasteiger partial charge in [0.2, 0.25) is 6.08 Å². The first kappa shape index (κ1) is 44.2. The van der Waals surface area contributed by atoms with Gasteiger partial charge in [0, 0.05) is 25.1 Å². The van der Waals surface area contributed by atoms with Gasteiger partial charge in [-0.1, -0.05) is 82.8 Å². The van der Waals surface area contributed by atoms with E-state index in [0.29, 0.717) is 48.5 Å². The number of aliphatic imine (C=N–C) groups is 1. The quantitative estimate of drug-likeness (QED) is 0.154.